The molecule has 0 aromatic heterocycles. The second-order valence-corrected chi connectivity index (χ2v) is 5.91. The van der Waals surface area contributed by atoms with E-state index < -0.39 is 0 Å². The van der Waals surface area contributed by atoms with Crippen molar-refractivity contribution in [3.63, 3.8) is 0 Å². The Balaban J connectivity index is 1.90. The van der Waals surface area contributed by atoms with E-state index in [0.29, 0.717) is 50.5 Å². The van der Waals surface area contributed by atoms with Gasteiger partial charge in [0.25, 0.3) is 0 Å². The molecule has 1 fully saturated rings. The number of nitrogens with one attached hydrogen (secondary N) is 1. The van der Waals surface area contributed by atoms with Gasteiger partial charge in [-0.3, -0.25) is 4.79 Å². The number of anilines is 1. The Bertz CT molecular complexity index is 564. The second-order valence-electron chi connectivity index (χ2n) is 5.91. The van der Waals surface area contributed by atoms with Gasteiger partial charge < -0.3 is 19.9 Å². The fraction of sp³-hybridized carbons (Fsp3) is 0.556. The summed E-state index contributed by atoms with van der Waals surface area (Å²) in [5, 5.41) is 2.94. The molecule has 2 rings (SSSR count). The van der Waals surface area contributed by atoms with Crippen LogP contribution >= 0.6 is 0 Å². The van der Waals surface area contributed by atoms with Crippen LogP contribution in [0.5, 0.6) is 5.75 Å². The molecule has 24 heavy (non-hydrogen) atoms. The van der Waals surface area contributed by atoms with Crippen molar-refractivity contribution in [2.45, 2.75) is 26.7 Å². The number of hydrogen-bond donors (Lipinski definition) is 1. The average Bonchev–Trinajstić information content (AvgIpc) is 2.63. The van der Waals surface area contributed by atoms with Crippen molar-refractivity contribution in [2.24, 2.45) is 5.92 Å². The Morgan fingerprint density at radius 2 is 1.83 bits per heavy atom. The molecule has 3 amide bonds. The van der Waals surface area contributed by atoms with Gasteiger partial charge in [0.05, 0.1) is 12.8 Å². The first-order chi connectivity index (χ1) is 11.6. The highest BCUT2D eigenvalue weighted by atomic mass is 16.5. The average molecular weight is 333 g/mol. The van der Waals surface area contributed by atoms with E-state index >= 15 is 0 Å². The quantitative estimate of drug-likeness (QED) is 0.901. The number of carbonyl (C=O) groups is 2. The molecule has 1 N–H and O–H groups in total. The van der Waals surface area contributed by atoms with E-state index in [0.717, 1.165) is 0 Å². The van der Waals surface area contributed by atoms with Crippen LogP contribution < -0.4 is 10.1 Å². The zero-order chi connectivity index (χ0) is 17.5. The number of para-hydroxylation sites is 2. The molecular weight excluding hydrogens is 306 g/mol. The Labute approximate surface area is 143 Å². The molecule has 0 bridgehead atoms. The van der Waals surface area contributed by atoms with Gasteiger partial charge in [-0.05, 0) is 38.8 Å². The Kier molecular flexibility index (Phi) is 6.46. The number of nitrogens with zero attached hydrogens (tertiary/aromatic N) is 2. The molecule has 1 saturated heterocycles. The fourth-order valence-corrected chi connectivity index (χ4v) is 3.01. The molecule has 6 nitrogen and oxygen atoms in total. The SMILES string of the molecule is CCN(CC)C(=O)N1CCC(C(=O)Nc2ccccc2OC)CC1. The smallest absolute Gasteiger partial charge is 0.319 e. The molecule has 0 unspecified atom stereocenters. The van der Waals surface area contributed by atoms with E-state index in [1.807, 2.05) is 47.9 Å². The third-order valence-electron chi connectivity index (χ3n) is 4.54. The van der Waals surface area contributed by atoms with Gasteiger partial charge in [-0.15, -0.1) is 0 Å². The number of urea groups is 1. The van der Waals surface area contributed by atoms with Crippen molar-refractivity contribution in [1.82, 2.24) is 9.80 Å². The van der Waals surface area contributed by atoms with Crippen LogP contribution in [0.15, 0.2) is 24.3 Å². The maximum Gasteiger partial charge on any atom is 0.319 e. The minimum atomic E-state index is -0.0735. The first-order valence-corrected chi connectivity index (χ1v) is 8.58. The summed E-state index contributed by atoms with van der Waals surface area (Å²) in [7, 11) is 1.59. The third kappa shape index (κ3) is 4.19. The highest BCUT2D eigenvalue weighted by molar-refractivity contribution is 5.94. The van der Waals surface area contributed by atoms with Gasteiger partial charge >= 0.3 is 6.03 Å². The van der Waals surface area contributed by atoms with E-state index in [2.05, 4.69) is 5.32 Å². The van der Waals surface area contributed by atoms with Gasteiger partial charge in [0.1, 0.15) is 5.75 Å². The number of methoxy groups -OCH3 is 1. The van der Waals surface area contributed by atoms with Gasteiger partial charge in [-0.1, -0.05) is 12.1 Å². The summed E-state index contributed by atoms with van der Waals surface area (Å²) in [6, 6.07) is 7.45. The molecule has 0 atom stereocenters. The van der Waals surface area contributed by atoms with Gasteiger partial charge in [0, 0.05) is 32.1 Å². The van der Waals surface area contributed by atoms with E-state index in [-0.39, 0.29) is 17.9 Å². The molecular formula is C18H27N3O3. The van der Waals surface area contributed by atoms with Crippen LogP contribution in [-0.4, -0.2) is 55.0 Å². The summed E-state index contributed by atoms with van der Waals surface area (Å²) in [6.07, 6.45) is 1.38. The molecule has 0 spiro atoms. The van der Waals surface area contributed by atoms with Crippen molar-refractivity contribution < 1.29 is 14.3 Å². The minimum absolute atomic E-state index is 0.00515. The molecule has 132 valence electrons. The number of hydrogen-bond acceptors (Lipinski definition) is 3. The fourth-order valence-electron chi connectivity index (χ4n) is 3.01. The van der Waals surface area contributed by atoms with E-state index in [1.54, 1.807) is 7.11 Å². The molecule has 1 aliphatic heterocycles. The highest BCUT2D eigenvalue weighted by Crippen LogP contribution is 2.26. The van der Waals surface area contributed by atoms with Crippen LogP contribution in [0.2, 0.25) is 0 Å². The third-order valence-corrected chi connectivity index (χ3v) is 4.54. The van der Waals surface area contributed by atoms with Crippen LogP contribution in [0.25, 0.3) is 0 Å². The van der Waals surface area contributed by atoms with Crippen molar-refractivity contribution >= 4 is 17.6 Å². The lowest BCUT2D eigenvalue weighted by Crippen LogP contribution is -2.47. The van der Waals surface area contributed by atoms with E-state index in [1.165, 1.54) is 0 Å². The number of piperidine rings is 1. The summed E-state index contributed by atoms with van der Waals surface area (Å²) in [5.74, 6) is 0.574. The van der Waals surface area contributed by atoms with Gasteiger partial charge in [-0.2, -0.15) is 0 Å². The van der Waals surface area contributed by atoms with E-state index in [9.17, 15) is 9.59 Å². The highest BCUT2D eigenvalue weighted by Gasteiger charge is 2.29. The predicted molar refractivity (Wildman–Crippen MR) is 94.2 cm³/mol. The molecule has 6 heteroatoms. The maximum absolute atomic E-state index is 12.5. The molecule has 0 saturated carbocycles. The summed E-state index contributed by atoms with van der Waals surface area (Å²) in [6.45, 7) is 6.63. The predicted octanol–water partition coefficient (Wildman–Crippen LogP) is 2.81. The summed E-state index contributed by atoms with van der Waals surface area (Å²) < 4.78 is 5.26. The van der Waals surface area contributed by atoms with Crippen LogP contribution in [0, 0.1) is 5.92 Å². The monoisotopic (exact) mass is 333 g/mol. The van der Waals surface area contributed by atoms with Gasteiger partial charge in [0.15, 0.2) is 0 Å². The summed E-state index contributed by atoms with van der Waals surface area (Å²) in [4.78, 5) is 28.5. The number of amides is 3. The number of likely N-dealkylation sites (tertiary alicyclic amines) is 1. The lowest BCUT2D eigenvalue weighted by molar-refractivity contribution is -0.121. The lowest BCUT2D eigenvalue weighted by atomic mass is 9.96. The van der Waals surface area contributed by atoms with Crippen molar-refractivity contribution in [3.05, 3.63) is 24.3 Å². The van der Waals surface area contributed by atoms with Crippen LogP contribution in [0.4, 0.5) is 10.5 Å². The van der Waals surface area contributed by atoms with Crippen LogP contribution in [0.3, 0.4) is 0 Å². The topological polar surface area (TPSA) is 61.9 Å². The Morgan fingerprint density at radius 3 is 2.42 bits per heavy atom. The molecule has 1 heterocycles. The molecule has 0 radical (unpaired) electrons. The molecule has 1 aliphatic rings. The number of benzene rings is 1. The number of ether oxygens (including phenoxy) is 1. The Morgan fingerprint density at radius 1 is 1.21 bits per heavy atom. The van der Waals surface area contributed by atoms with Gasteiger partial charge in [0.2, 0.25) is 5.91 Å². The zero-order valence-corrected chi connectivity index (χ0v) is 14.7. The normalized spacial score (nSPS) is 15.0. The Hall–Kier alpha value is -2.24. The minimum Gasteiger partial charge on any atom is -0.495 e. The summed E-state index contributed by atoms with van der Waals surface area (Å²) >= 11 is 0. The standard InChI is InChI=1S/C18H27N3O3/c1-4-20(5-2)18(23)21-12-10-14(11-13-21)17(22)19-15-8-6-7-9-16(15)24-3/h6-9,14H,4-5,10-13H2,1-3H3,(H,19,22). The van der Waals surface area contributed by atoms with Crippen molar-refractivity contribution in [1.29, 1.82) is 0 Å². The summed E-state index contributed by atoms with van der Waals surface area (Å²) in [5.41, 5.74) is 0.687. The van der Waals surface area contributed by atoms with Crippen molar-refractivity contribution in [2.75, 3.05) is 38.6 Å². The molecule has 1 aromatic carbocycles. The second kappa shape index (κ2) is 8.57. The first-order valence-electron chi connectivity index (χ1n) is 8.58. The maximum atomic E-state index is 12.5. The zero-order valence-electron chi connectivity index (χ0n) is 14.7. The molecule has 0 aliphatic carbocycles. The van der Waals surface area contributed by atoms with Crippen molar-refractivity contribution in [3.8, 4) is 5.75 Å². The van der Waals surface area contributed by atoms with Crippen LogP contribution in [-0.2, 0) is 4.79 Å². The van der Waals surface area contributed by atoms with E-state index in [4.69, 9.17) is 4.74 Å². The largest absolute Gasteiger partial charge is 0.495 e. The van der Waals surface area contributed by atoms with Gasteiger partial charge in [-0.25, -0.2) is 4.79 Å². The first kappa shape index (κ1) is 18.1. The lowest BCUT2D eigenvalue weighted by Gasteiger charge is -2.34. The van der Waals surface area contributed by atoms with Crippen LogP contribution in [0.1, 0.15) is 26.7 Å². The number of rotatable bonds is 5. The molecule has 1 aromatic rings. The number of carbonyl (C=O) groups excluding carboxylic acids is 2.